The third kappa shape index (κ3) is 8.52. The highest BCUT2D eigenvalue weighted by Crippen LogP contribution is 2.37. The van der Waals surface area contributed by atoms with Crippen LogP contribution < -0.4 is 28.6 Å². The zero-order valence-electron chi connectivity index (χ0n) is 26.5. The Morgan fingerprint density at radius 1 is 0.867 bits per heavy atom. The smallest absolute Gasteiger partial charge is 0.265 e. The van der Waals surface area contributed by atoms with E-state index >= 15 is 0 Å². The Hall–Kier alpha value is -4.16. The topological polar surface area (TPSA) is 124 Å². The predicted octanol–water partition coefficient (Wildman–Crippen LogP) is 4.90. The summed E-state index contributed by atoms with van der Waals surface area (Å²) in [5, 5.41) is 3.10. The summed E-state index contributed by atoms with van der Waals surface area (Å²) in [5.74, 6) is 0.249. The molecule has 0 bridgehead atoms. The van der Waals surface area contributed by atoms with Crippen LogP contribution in [0.4, 0.5) is 5.69 Å². The van der Waals surface area contributed by atoms with Gasteiger partial charge in [0.25, 0.3) is 10.0 Å². The van der Waals surface area contributed by atoms with Crippen LogP contribution in [0, 0.1) is 0 Å². The van der Waals surface area contributed by atoms with Gasteiger partial charge in [0, 0.05) is 23.7 Å². The lowest BCUT2D eigenvalue weighted by atomic mass is 10.1. The monoisotopic (exact) mass is 661 g/mol. The van der Waals surface area contributed by atoms with E-state index in [1.807, 2.05) is 13.8 Å². The van der Waals surface area contributed by atoms with Crippen LogP contribution in [0.5, 0.6) is 23.0 Å². The summed E-state index contributed by atoms with van der Waals surface area (Å²) in [6.45, 7) is 4.76. The molecule has 0 heterocycles. The molecule has 2 amide bonds. The maximum absolute atomic E-state index is 14.4. The van der Waals surface area contributed by atoms with Gasteiger partial charge in [0.05, 0.1) is 39.0 Å². The minimum Gasteiger partial charge on any atom is -0.497 e. The lowest BCUT2D eigenvalue weighted by Gasteiger charge is -2.34. The van der Waals surface area contributed by atoms with Crippen molar-refractivity contribution in [2.75, 3.05) is 39.3 Å². The van der Waals surface area contributed by atoms with Crippen molar-refractivity contribution in [1.82, 2.24) is 10.2 Å². The molecule has 0 saturated heterocycles. The van der Waals surface area contributed by atoms with Crippen molar-refractivity contribution in [3.05, 3.63) is 71.2 Å². The molecule has 3 rings (SSSR count). The molecule has 1 N–H and O–H groups in total. The van der Waals surface area contributed by atoms with Gasteiger partial charge in [-0.15, -0.1) is 0 Å². The Labute approximate surface area is 270 Å². The average molecular weight is 662 g/mol. The summed E-state index contributed by atoms with van der Waals surface area (Å²) in [6.07, 6.45) is 0.275. The van der Waals surface area contributed by atoms with Crippen LogP contribution in [0.2, 0.25) is 5.02 Å². The number of benzene rings is 3. The van der Waals surface area contributed by atoms with E-state index in [9.17, 15) is 18.0 Å². The molecule has 0 aliphatic carbocycles. The standard InChI is InChI=1S/C32H40ClN3O8S/c1-8-26(32(38)34-21(2)3)35(19-22-10-9-11-24(16-22)41-4)31(37)20-36(27-17-23(33)12-14-28(27)42-5)45(39,40)25-13-15-29(43-6)30(18-25)44-7/h9-18,21,26H,8,19-20H2,1-7H3,(H,34,38)/t26-/m0/s1. The van der Waals surface area contributed by atoms with E-state index in [4.69, 9.17) is 30.5 Å². The van der Waals surface area contributed by atoms with Crippen LogP contribution >= 0.6 is 11.6 Å². The first kappa shape index (κ1) is 35.3. The van der Waals surface area contributed by atoms with Gasteiger partial charge < -0.3 is 29.2 Å². The molecule has 0 saturated carbocycles. The first-order valence-corrected chi connectivity index (χ1v) is 16.0. The molecule has 3 aromatic carbocycles. The SMILES string of the molecule is CC[C@@H](C(=O)NC(C)C)N(Cc1cccc(OC)c1)C(=O)CN(c1cc(Cl)ccc1OC)S(=O)(=O)c1ccc(OC)c(OC)c1. The Bertz CT molecular complexity index is 1600. The summed E-state index contributed by atoms with van der Waals surface area (Å²) >= 11 is 6.33. The number of hydrogen-bond acceptors (Lipinski definition) is 8. The molecule has 13 heteroatoms. The molecule has 3 aromatic rings. The number of anilines is 1. The molecule has 0 fully saturated rings. The highest BCUT2D eigenvalue weighted by molar-refractivity contribution is 7.92. The third-order valence-corrected chi connectivity index (χ3v) is 8.93. The number of nitrogens with zero attached hydrogens (tertiary/aromatic N) is 2. The lowest BCUT2D eigenvalue weighted by Crippen LogP contribution is -2.53. The lowest BCUT2D eigenvalue weighted by molar-refractivity contribution is -0.140. The second-order valence-corrected chi connectivity index (χ2v) is 12.6. The first-order chi connectivity index (χ1) is 21.4. The van der Waals surface area contributed by atoms with Crippen molar-refractivity contribution in [3.8, 4) is 23.0 Å². The molecule has 0 unspecified atom stereocenters. The molecule has 0 radical (unpaired) electrons. The summed E-state index contributed by atoms with van der Waals surface area (Å²) in [4.78, 5) is 28.9. The molecule has 244 valence electrons. The quantitative estimate of drug-likeness (QED) is 0.244. The minimum atomic E-state index is -4.45. The second kappa shape index (κ2) is 15.7. The molecule has 0 spiro atoms. The second-order valence-electron chi connectivity index (χ2n) is 10.3. The van der Waals surface area contributed by atoms with Crippen molar-refractivity contribution in [3.63, 3.8) is 0 Å². The normalized spacial score (nSPS) is 11.8. The number of hydrogen-bond donors (Lipinski definition) is 1. The maximum Gasteiger partial charge on any atom is 0.265 e. The van der Waals surface area contributed by atoms with E-state index in [-0.39, 0.29) is 52.0 Å². The number of sulfonamides is 1. The van der Waals surface area contributed by atoms with Crippen molar-refractivity contribution in [2.24, 2.45) is 0 Å². The van der Waals surface area contributed by atoms with E-state index in [0.29, 0.717) is 17.1 Å². The Kier molecular flexibility index (Phi) is 12.3. The van der Waals surface area contributed by atoms with E-state index in [2.05, 4.69) is 5.32 Å². The van der Waals surface area contributed by atoms with Crippen molar-refractivity contribution >= 4 is 39.1 Å². The van der Waals surface area contributed by atoms with Crippen LogP contribution in [-0.2, 0) is 26.2 Å². The fraction of sp³-hybridized carbons (Fsp3) is 0.375. The molecule has 0 aromatic heterocycles. The number of carbonyl (C=O) groups excluding carboxylic acids is 2. The summed E-state index contributed by atoms with van der Waals surface area (Å²) < 4.78 is 51.1. The predicted molar refractivity (Wildman–Crippen MR) is 173 cm³/mol. The third-order valence-electron chi connectivity index (χ3n) is 6.94. The Morgan fingerprint density at radius 3 is 2.13 bits per heavy atom. The molecule has 0 aliphatic heterocycles. The largest absolute Gasteiger partial charge is 0.497 e. The van der Waals surface area contributed by atoms with Gasteiger partial charge in [-0.25, -0.2) is 8.42 Å². The molecular formula is C32H40ClN3O8S. The van der Waals surface area contributed by atoms with Gasteiger partial charge in [-0.1, -0.05) is 30.7 Å². The molecule has 1 atom stereocenters. The van der Waals surface area contributed by atoms with Crippen molar-refractivity contribution < 1.29 is 37.0 Å². The number of nitrogens with one attached hydrogen (secondary N) is 1. The first-order valence-electron chi connectivity index (χ1n) is 14.2. The van der Waals surface area contributed by atoms with E-state index in [1.54, 1.807) is 37.3 Å². The van der Waals surface area contributed by atoms with Gasteiger partial charge in [-0.3, -0.25) is 13.9 Å². The minimum absolute atomic E-state index is 0.0109. The summed E-state index contributed by atoms with van der Waals surface area (Å²) in [5.41, 5.74) is 0.724. The van der Waals surface area contributed by atoms with Crippen LogP contribution in [0.25, 0.3) is 0 Å². The van der Waals surface area contributed by atoms with Crippen molar-refractivity contribution in [1.29, 1.82) is 0 Å². The number of amides is 2. The molecule has 0 aliphatic rings. The zero-order valence-corrected chi connectivity index (χ0v) is 28.1. The summed E-state index contributed by atoms with van der Waals surface area (Å²) in [6, 6.07) is 14.6. The van der Waals surface area contributed by atoms with Gasteiger partial charge in [0.15, 0.2) is 11.5 Å². The zero-order chi connectivity index (χ0) is 33.3. The van der Waals surface area contributed by atoms with Gasteiger partial charge in [0.2, 0.25) is 11.8 Å². The van der Waals surface area contributed by atoms with E-state index < -0.39 is 28.5 Å². The van der Waals surface area contributed by atoms with Gasteiger partial charge in [-0.05, 0) is 68.3 Å². The van der Waals surface area contributed by atoms with E-state index in [0.717, 1.165) is 4.31 Å². The van der Waals surface area contributed by atoms with Crippen LogP contribution in [0.1, 0.15) is 32.8 Å². The number of carbonyl (C=O) groups is 2. The van der Waals surface area contributed by atoms with Gasteiger partial charge >= 0.3 is 0 Å². The van der Waals surface area contributed by atoms with Gasteiger partial charge in [0.1, 0.15) is 24.1 Å². The van der Waals surface area contributed by atoms with Crippen molar-refractivity contribution in [2.45, 2.75) is 50.7 Å². The highest BCUT2D eigenvalue weighted by Gasteiger charge is 2.35. The Morgan fingerprint density at radius 2 is 1.53 bits per heavy atom. The number of ether oxygens (including phenoxy) is 4. The summed E-state index contributed by atoms with van der Waals surface area (Å²) in [7, 11) is 1.28. The fourth-order valence-electron chi connectivity index (χ4n) is 4.74. The Balaban J connectivity index is 2.19. The van der Waals surface area contributed by atoms with Crippen LogP contribution in [-0.4, -0.2) is 72.2 Å². The number of rotatable bonds is 15. The van der Waals surface area contributed by atoms with Crippen LogP contribution in [0.15, 0.2) is 65.6 Å². The fourth-order valence-corrected chi connectivity index (χ4v) is 6.34. The van der Waals surface area contributed by atoms with Crippen LogP contribution in [0.3, 0.4) is 0 Å². The number of halogens is 1. The highest BCUT2D eigenvalue weighted by atomic mass is 35.5. The van der Waals surface area contributed by atoms with E-state index in [1.165, 1.54) is 63.7 Å². The molecule has 45 heavy (non-hydrogen) atoms. The average Bonchev–Trinajstić information content (AvgIpc) is 3.02. The molecular weight excluding hydrogens is 622 g/mol. The molecule has 11 nitrogen and oxygen atoms in total. The van der Waals surface area contributed by atoms with Gasteiger partial charge in [-0.2, -0.15) is 0 Å². The maximum atomic E-state index is 14.4. The number of methoxy groups -OCH3 is 4.